The normalized spacial score (nSPS) is 11.0. The first kappa shape index (κ1) is 20.3. The maximum Gasteiger partial charge on any atom is 0.303 e. The van der Waals surface area contributed by atoms with Crippen LogP contribution >= 0.6 is 0 Å². The van der Waals surface area contributed by atoms with Crippen LogP contribution in [0.3, 0.4) is 0 Å². The number of H-pyrrole nitrogens is 1. The number of carboxylic acid groups (broad SMARTS) is 1. The van der Waals surface area contributed by atoms with Crippen LogP contribution < -0.4 is 10.9 Å². The molecule has 0 fully saturated rings. The summed E-state index contributed by atoms with van der Waals surface area (Å²) in [6, 6.07) is 16.8. The zero-order valence-electron chi connectivity index (χ0n) is 16.9. The molecule has 1 aromatic heterocycles. The van der Waals surface area contributed by atoms with Crippen molar-refractivity contribution in [3.05, 3.63) is 81.9 Å². The molecule has 0 atom stereocenters. The van der Waals surface area contributed by atoms with Crippen molar-refractivity contribution >= 4 is 39.1 Å². The van der Waals surface area contributed by atoms with Crippen molar-refractivity contribution in [1.82, 2.24) is 9.97 Å². The first-order chi connectivity index (χ1) is 14.9. The number of aromatic nitrogens is 2. The second-order valence-electron chi connectivity index (χ2n) is 7.41. The van der Waals surface area contributed by atoms with E-state index in [1.807, 2.05) is 30.3 Å². The number of nitrogens with one attached hydrogen (secondary N) is 2. The largest absolute Gasteiger partial charge is 0.481 e. The fourth-order valence-corrected chi connectivity index (χ4v) is 3.58. The van der Waals surface area contributed by atoms with Gasteiger partial charge in [0.1, 0.15) is 5.82 Å². The van der Waals surface area contributed by atoms with E-state index in [0.717, 1.165) is 22.0 Å². The van der Waals surface area contributed by atoms with Crippen LogP contribution in [0, 0.1) is 6.92 Å². The average Bonchev–Trinajstić information content (AvgIpc) is 2.75. The third-order valence-electron chi connectivity index (χ3n) is 5.14. The molecule has 0 amide bonds. The fraction of sp³-hybridized carbons (Fsp3) is 0.167. The van der Waals surface area contributed by atoms with Gasteiger partial charge in [0.2, 0.25) is 0 Å². The quantitative estimate of drug-likeness (QED) is 0.310. The van der Waals surface area contributed by atoms with Crippen LogP contribution in [0.5, 0.6) is 0 Å². The Hall–Kier alpha value is -4.00. The number of hydrogen-bond acceptors (Lipinski definition) is 5. The molecule has 1 heterocycles. The summed E-state index contributed by atoms with van der Waals surface area (Å²) in [4.78, 5) is 42.3. The average molecular weight is 415 g/mol. The van der Waals surface area contributed by atoms with E-state index < -0.39 is 5.97 Å². The highest BCUT2D eigenvalue weighted by Gasteiger charge is 2.09. The van der Waals surface area contributed by atoms with Crippen LogP contribution in [0.25, 0.3) is 21.7 Å². The molecule has 3 aromatic carbocycles. The molecule has 3 N–H and O–H groups in total. The third-order valence-corrected chi connectivity index (χ3v) is 5.14. The molecule has 0 aliphatic rings. The van der Waals surface area contributed by atoms with Gasteiger partial charge in [-0.15, -0.1) is 0 Å². The van der Waals surface area contributed by atoms with Gasteiger partial charge in [0, 0.05) is 24.2 Å². The SMILES string of the molecule is Cc1nc2ccc3ccc(CNc4ccc(C(=O)CCC(=O)O)cc4)cc3c2c(=O)[nH]1. The van der Waals surface area contributed by atoms with Crippen molar-refractivity contribution < 1.29 is 14.7 Å². The minimum Gasteiger partial charge on any atom is -0.481 e. The van der Waals surface area contributed by atoms with E-state index in [9.17, 15) is 14.4 Å². The maximum absolute atomic E-state index is 12.5. The molecule has 0 radical (unpaired) electrons. The van der Waals surface area contributed by atoms with Crippen molar-refractivity contribution in [2.24, 2.45) is 0 Å². The number of rotatable bonds is 7. The number of aliphatic carboxylic acids is 1. The number of fused-ring (bicyclic) bond motifs is 3. The van der Waals surface area contributed by atoms with Gasteiger partial charge >= 0.3 is 5.97 Å². The summed E-state index contributed by atoms with van der Waals surface area (Å²) in [6.07, 6.45) is -0.186. The molecule has 156 valence electrons. The molecule has 0 aliphatic heterocycles. The second kappa shape index (κ2) is 8.39. The lowest BCUT2D eigenvalue weighted by atomic mass is 10.0. The molecule has 7 heteroatoms. The van der Waals surface area contributed by atoms with E-state index in [1.54, 1.807) is 31.2 Å². The first-order valence-corrected chi connectivity index (χ1v) is 9.92. The second-order valence-corrected chi connectivity index (χ2v) is 7.41. The van der Waals surface area contributed by atoms with Crippen LogP contribution in [0.1, 0.15) is 34.6 Å². The third kappa shape index (κ3) is 4.45. The van der Waals surface area contributed by atoms with E-state index in [2.05, 4.69) is 15.3 Å². The molecule has 7 nitrogen and oxygen atoms in total. The Labute approximate surface area is 177 Å². The molecule has 0 aliphatic carbocycles. The number of anilines is 1. The number of nitrogens with zero attached hydrogens (tertiary/aromatic N) is 1. The number of ketones is 1. The van der Waals surface area contributed by atoms with Crippen LogP contribution in [0.15, 0.2) is 59.4 Å². The predicted octanol–water partition coefficient (Wildman–Crippen LogP) is 4.04. The standard InChI is InChI=1S/C24H21N3O4/c1-14-26-20-9-6-16-3-2-15(12-19(16)23(20)24(31)27-14)13-25-18-7-4-17(5-8-18)21(28)10-11-22(29)30/h2-9,12,25H,10-11,13H2,1H3,(H,29,30)(H,26,27,31). The summed E-state index contributed by atoms with van der Waals surface area (Å²) in [7, 11) is 0. The van der Waals surface area contributed by atoms with E-state index in [1.165, 1.54) is 0 Å². The smallest absolute Gasteiger partial charge is 0.303 e. The summed E-state index contributed by atoms with van der Waals surface area (Å²) in [5, 5.41) is 14.4. The minimum atomic E-state index is -0.984. The molecule has 0 saturated carbocycles. The van der Waals surface area contributed by atoms with Crippen LogP contribution in [0.4, 0.5) is 5.69 Å². The topological polar surface area (TPSA) is 112 Å². The van der Waals surface area contributed by atoms with E-state index in [-0.39, 0.29) is 24.2 Å². The van der Waals surface area contributed by atoms with Gasteiger partial charge < -0.3 is 15.4 Å². The van der Waals surface area contributed by atoms with E-state index >= 15 is 0 Å². The highest BCUT2D eigenvalue weighted by atomic mass is 16.4. The number of benzene rings is 3. The number of Topliss-reactive ketones (excluding diaryl/α,β-unsaturated/α-hetero) is 1. The Balaban J connectivity index is 1.53. The zero-order valence-corrected chi connectivity index (χ0v) is 16.9. The van der Waals surface area contributed by atoms with Crippen molar-refractivity contribution in [2.75, 3.05) is 5.32 Å². The number of carbonyl (C=O) groups is 2. The molecular weight excluding hydrogens is 394 g/mol. The van der Waals surface area contributed by atoms with Crippen LogP contribution in [-0.2, 0) is 11.3 Å². The molecule has 0 saturated heterocycles. The number of aromatic amines is 1. The Kier molecular flexibility index (Phi) is 5.49. The van der Waals surface area contributed by atoms with Gasteiger partial charge in [-0.2, -0.15) is 0 Å². The first-order valence-electron chi connectivity index (χ1n) is 9.92. The number of carbonyl (C=O) groups excluding carboxylic acids is 1. The molecule has 4 aromatic rings. The summed E-state index contributed by atoms with van der Waals surface area (Å²) in [5.74, 6) is -0.591. The van der Waals surface area contributed by atoms with Gasteiger partial charge in [0.15, 0.2) is 5.78 Å². The lowest BCUT2D eigenvalue weighted by Crippen LogP contribution is -2.10. The predicted molar refractivity (Wildman–Crippen MR) is 120 cm³/mol. The van der Waals surface area contributed by atoms with Gasteiger partial charge in [0.05, 0.1) is 17.3 Å². The number of carboxylic acids is 1. The summed E-state index contributed by atoms with van der Waals surface area (Å²) >= 11 is 0. The number of aryl methyl sites for hydroxylation is 1. The highest BCUT2D eigenvalue weighted by Crippen LogP contribution is 2.23. The molecular formula is C24H21N3O4. The zero-order chi connectivity index (χ0) is 22.0. The minimum absolute atomic E-state index is 0.0132. The molecule has 4 rings (SSSR count). The molecule has 0 spiro atoms. The fourth-order valence-electron chi connectivity index (χ4n) is 3.58. The Bertz CT molecular complexity index is 1360. The Morgan fingerprint density at radius 2 is 1.77 bits per heavy atom. The maximum atomic E-state index is 12.5. The van der Waals surface area contributed by atoms with E-state index in [4.69, 9.17) is 5.11 Å². The van der Waals surface area contributed by atoms with Crippen molar-refractivity contribution in [1.29, 1.82) is 0 Å². The molecule has 31 heavy (non-hydrogen) atoms. The van der Waals surface area contributed by atoms with Crippen molar-refractivity contribution in [2.45, 2.75) is 26.3 Å². The van der Waals surface area contributed by atoms with E-state index in [0.29, 0.717) is 28.8 Å². The number of hydrogen-bond donors (Lipinski definition) is 3. The van der Waals surface area contributed by atoms with Crippen LogP contribution in [-0.4, -0.2) is 26.8 Å². The van der Waals surface area contributed by atoms with Crippen LogP contribution in [0.2, 0.25) is 0 Å². The lowest BCUT2D eigenvalue weighted by molar-refractivity contribution is -0.136. The van der Waals surface area contributed by atoms with Gasteiger partial charge in [0.25, 0.3) is 5.56 Å². The highest BCUT2D eigenvalue weighted by molar-refractivity contribution is 6.05. The van der Waals surface area contributed by atoms with Crippen molar-refractivity contribution in [3.8, 4) is 0 Å². The summed E-state index contributed by atoms with van der Waals surface area (Å²) in [6.45, 7) is 2.30. The Morgan fingerprint density at radius 1 is 1.03 bits per heavy atom. The monoisotopic (exact) mass is 415 g/mol. The van der Waals surface area contributed by atoms with Gasteiger partial charge in [-0.3, -0.25) is 14.4 Å². The lowest BCUT2D eigenvalue weighted by Gasteiger charge is -2.10. The summed E-state index contributed by atoms with van der Waals surface area (Å²) in [5.41, 5.74) is 2.85. The summed E-state index contributed by atoms with van der Waals surface area (Å²) < 4.78 is 0. The molecule has 0 bridgehead atoms. The Morgan fingerprint density at radius 3 is 2.52 bits per heavy atom. The van der Waals surface area contributed by atoms with Crippen molar-refractivity contribution in [3.63, 3.8) is 0 Å². The van der Waals surface area contributed by atoms with Gasteiger partial charge in [-0.05, 0) is 59.7 Å². The van der Waals surface area contributed by atoms with Gasteiger partial charge in [-0.1, -0.05) is 18.2 Å². The van der Waals surface area contributed by atoms with Gasteiger partial charge in [-0.25, -0.2) is 4.98 Å². The molecule has 0 unspecified atom stereocenters.